The topological polar surface area (TPSA) is 91.9 Å². The van der Waals surface area contributed by atoms with E-state index in [1.165, 1.54) is 6.07 Å². The molecule has 0 aliphatic heterocycles. The molecule has 0 aromatic heterocycles. The van der Waals surface area contributed by atoms with E-state index < -0.39 is 4.92 Å². The van der Waals surface area contributed by atoms with Crippen LogP contribution in [0.5, 0.6) is 0 Å². The van der Waals surface area contributed by atoms with Crippen molar-refractivity contribution in [1.29, 1.82) is 0 Å². The number of hydrogen-bond acceptors (Lipinski definition) is 3. The maximum Gasteiger partial charge on any atom is 0.279 e. The molecule has 6 heteroatoms. The van der Waals surface area contributed by atoms with Crippen molar-refractivity contribution in [2.75, 3.05) is 0 Å². The smallest absolute Gasteiger partial charge is 0.258 e. The van der Waals surface area contributed by atoms with Gasteiger partial charge in [-0.2, -0.15) is 0 Å². The molecule has 1 aromatic rings. The zero-order valence-corrected chi connectivity index (χ0v) is 7.54. The van der Waals surface area contributed by atoms with E-state index in [1.54, 1.807) is 12.1 Å². The van der Waals surface area contributed by atoms with Crippen LogP contribution in [0.2, 0.25) is 0 Å². The van der Waals surface area contributed by atoms with Crippen LogP contribution in [0.15, 0.2) is 23.3 Å². The third-order valence-corrected chi connectivity index (χ3v) is 1.82. The summed E-state index contributed by atoms with van der Waals surface area (Å²) < 4.78 is 0. The number of rotatable bonds is 3. The summed E-state index contributed by atoms with van der Waals surface area (Å²) in [4.78, 5) is 12.6. The Balaban J connectivity index is 3.42. The molecular formula is C8H8N4O2. The highest BCUT2D eigenvalue weighted by atomic mass is 16.6. The molecule has 0 unspecified atom stereocenters. The molecule has 0 atom stereocenters. The summed E-state index contributed by atoms with van der Waals surface area (Å²) in [5, 5.41) is 13.9. The van der Waals surface area contributed by atoms with Crippen molar-refractivity contribution in [1.82, 2.24) is 0 Å². The Morgan fingerprint density at radius 2 is 2.36 bits per heavy atom. The van der Waals surface area contributed by atoms with Gasteiger partial charge in [0, 0.05) is 11.0 Å². The van der Waals surface area contributed by atoms with Gasteiger partial charge in [0.25, 0.3) is 5.69 Å². The third-order valence-electron chi connectivity index (χ3n) is 1.82. The highest BCUT2D eigenvalue weighted by molar-refractivity contribution is 5.62. The molecule has 0 radical (unpaired) electrons. The van der Waals surface area contributed by atoms with Crippen LogP contribution in [-0.2, 0) is 6.42 Å². The van der Waals surface area contributed by atoms with Crippen molar-refractivity contribution < 1.29 is 4.92 Å². The predicted molar refractivity (Wildman–Crippen MR) is 51.3 cm³/mol. The number of nitrogens with zero attached hydrogens (tertiary/aromatic N) is 4. The molecule has 0 fully saturated rings. The second-order valence-electron chi connectivity index (χ2n) is 2.58. The fourth-order valence-corrected chi connectivity index (χ4v) is 1.17. The molecule has 14 heavy (non-hydrogen) atoms. The van der Waals surface area contributed by atoms with Crippen LogP contribution in [0.1, 0.15) is 12.5 Å². The Morgan fingerprint density at radius 3 is 2.86 bits per heavy atom. The van der Waals surface area contributed by atoms with E-state index in [1.807, 2.05) is 6.92 Å². The minimum atomic E-state index is -0.552. The molecule has 0 saturated heterocycles. The van der Waals surface area contributed by atoms with Gasteiger partial charge in [-0.15, -0.1) is 0 Å². The number of nitro groups is 1. The van der Waals surface area contributed by atoms with E-state index in [-0.39, 0.29) is 11.4 Å². The predicted octanol–water partition coefficient (Wildman–Crippen LogP) is 3.10. The Labute approximate surface area is 79.9 Å². The minimum absolute atomic E-state index is 0.113. The first-order valence-electron chi connectivity index (χ1n) is 4.02. The van der Waals surface area contributed by atoms with E-state index in [9.17, 15) is 10.1 Å². The molecule has 0 spiro atoms. The van der Waals surface area contributed by atoms with Gasteiger partial charge in [0.15, 0.2) is 0 Å². The Bertz CT molecular complexity index is 410. The van der Waals surface area contributed by atoms with Crippen molar-refractivity contribution in [3.8, 4) is 0 Å². The number of azide groups is 1. The second kappa shape index (κ2) is 4.25. The van der Waals surface area contributed by atoms with Gasteiger partial charge in [0.1, 0.15) is 5.69 Å². The number of benzene rings is 1. The zero-order valence-electron chi connectivity index (χ0n) is 7.54. The Morgan fingerprint density at radius 1 is 1.64 bits per heavy atom. The van der Waals surface area contributed by atoms with Crippen LogP contribution in [0.4, 0.5) is 11.4 Å². The number of aryl methyl sites for hydroxylation is 1. The highest BCUT2D eigenvalue weighted by Crippen LogP contribution is 2.31. The van der Waals surface area contributed by atoms with Crippen LogP contribution >= 0.6 is 0 Å². The fraction of sp³-hybridized carbons (Fsp3) is 0.250. The lowest BCUT2D eigenvalue weighted by molar-refractivity contribution is -0.384. The SMILES string of the molecule is CCc1cccc([N+](=O)[O-])c1N=[N+]=[N-]. The Kier molecular flexibility index (Phi) is 3.04. The lowest BCUT2D eigenvalue weighted by Crippen LogP contribution is -1.91. The molecule has 1 aromatic carbocycles. The van der Waals surface area contributed by atoms with Crippen molar-refractivity contribution in [3.05, 3.63) is 44.3 Å². The summed E-state index contributed by atoms with van der Waals surface area (Å²) in [5.74, 6) is 0. The van der Waals surface area contributed by atoms with Gasteiger partial charge in [-0.05, 0) is 17.5 Å². The molecule has 0 saturated carbocycles. The summed E-state index contributed by atoms with van der Waals surface area (Å²) in [6.45, 7) is 1.84. The van der Waals surface area contributed by atoms with Gasteiger partial charge >= 0.3 is 0 Å². The van der Waals surface area contributed by atoms with Crippen molar-refractivity contribution in [2.45, 2.75) is 13.3 Å². The first kappa shape index (κ1) is 10.0. The molecule has 0 N–H and O–H groups in total. The number of hydrogen-bond donors (Lipinski definition) is 0. The first-order valence-corrected chi connectivity index (χ1v) is 4.02. The van der Waals surface area contributed by atoms with Crippen LogP contribution in [0.25, 0.3) is 10.4 Å². The molecule has 0 bridgehead atoms. The second-order valence-corrected chi connectivity index (χ2v) is 2.58. The minimum Gasteiger partial charge on any atom is -0.258 e. The molecule has 0 aliphatic carbocycles. The van der Waals surface area contributed by atoms with Crippen LogP contribution in [0, 0.1) is 10.1 Å². The molecule has 0 amide bonds. The van der Waals surface area contributed by atoms with Crippen LogP contribution in [0.3, 0.4) is 0 Å². The quantitative estimate of drug-likeness (QED) is 0.242. The zero-order chi connectivity index (χ0) is 10.6. The average Bonchev–Trinajstić information content (AvgIpc) is 2.18. The summed E-state index contributed by atoms with van der Waals surface area (Å²) >= 11 is 0. The summed E-state index contributed by atoms with van der Waals surface area (Å²) in [5.41, 5.74) is 8.92. The van der Waals surface area contributed by atoms with Gasteiger partial charge < -0.3 is 0 Å². The monoisotopic (exact) mass is 192 g/mol. The van der Waals surface area contributed by atoms with E-state index in [2.05, 4.69) is 10.0 Å². The summed E-state index contributed by atoms with van der Waals surface area (Å²) in [6.07, 6.45) is 0.593. The first-order chi connectivity index (χ1) is 6.70. The largest absolute Gasteiger partial charge is 0.279 e. The lowest BCUT2D eigenvalue weighted by Gasteiger charge is -2.01. The fourth-order valence-electron chi connectivity index (χ4n) is 1.17. The Hall–Kier alpha value is -2.07. The van der Waals surface area contributed by atoms with Crippen molar-refractivity contribution >= 4 is 11.4 Å². The molecule has 0 aliphatic rings. The lowest BCUT2D eigenvalue weighted by atomic mass is 10.1. The summed E-state index contributed by atoms with van der Waals surface area (Å²) in [7, 11) is 0. The van der Waals surface area contributed by atoms with Gasteiger partial charge in [-0.1, -0.05) is 24.2 Å². The standard InChI is InChI=1S/C8H8N4O2/c1-2-6-4-3-5-7(12(13)14)8(6)10-11-9/h3-5H,2H2,1H3. The van der Waals surface area contributed by atoms with E-state index in [0.29, 0.717) is 12.0 Å². The molecular weight excluding hydrogens is 184 g/mol. The maximum absolute atomic E-state index is 10.6. The highest BCUT2D eigenvalue weighted by Gasteiger charge is 2.14. The van der Waals surface area contributed by atoms with Crippen molar-refractivity contribution in [3.63, 3.8) is 0 Å². The van der Waals surface area contributed by atoms with E-state index in [0.717, 1.165) is 0 Å². The van der Waals surface area contributed by atoms with E-state index in [4.69, 9.17) is 5.53 Å². The normalized spacial score (nSPS) is 9.21. The van der Waals surface area contributed by atoms with Crippen LogP contribution in [-0.4, -0.2) is 4.92 Å². The van der Waals surface area contributed by atoms with Gasteiger partial charge in [0.05, 0.1) is 4.92 Å². The molecule has 0 heterocycles. The van der Waals surface area contributed by atoms with Gasteiger partial charge in [-0.25, -0.2) is 0 Å². The molecule has 72 valence electrons. The average molecular weight is 192 g/mol. The number of nitro benzene ring substituents is 1. The van der Waals surface area contributed by atoms with Gasteiger partial charge in [-0.3, -0.25) is 10.1 Å². The van der Waals surface area contributed by atoms with Gasteiger partial charge in [0.2, 0.25) is 0 Å². The van der Waals surface area contributed by atoms with E-state index >= 15 is 0 Å². The van der Waals surface area contributed by atoms with Crippen LogP contribution < -0.4 is 0 Å². The van der Waals surface area contributed by atoms with Crippen molar-refractivity contribution in [2.24, 2.45) is 5.11 Å². The summed E-state index contributed by atoms with van der Waals surface area (Å²) in [6, 6.07) is 4.60. The molecule has 1 rings (SSSR count). The third kappa shape index (κ3) is 1.81. The molecule has 6 nitrogen and oxygen atoms in total. The maximum atomic E-state index is 10.6.